The third-order valence-corrected chi connectivity index (χ3v) is 5.32. The topological polar surface area (TPSA) is 72.6 Å². The summed E-state index contributed by atoms with van der Waals surface area (Å²) in [5, 5.41) is 0.253. The lowest BCUT2D eigenvalue weighted by atomic mass is 10.3. The minimum atomic E-state index is -3.54. The molecule has 0 aromatic heterocycles. The summed E-state index contributed by atoms with van der Waals surface area (Å²) < 4.78 is 31.6. The SMILES string of the molecule is COCCN(C1CC1)S(=O)(=O)c1ccc(N)c(Cl)c1. The van der Waals surface area contributed by atoms with Crippen LogP contribution in [0, 0.1) is 0 Å². The van der Waals surface area contributed by atoms with E-state index < -0.39 is 10.0 Å². The van der Waals surface area contributed by atoms with Gasteiger partial charge >= 0.3 is 0 Å². The van der Waals surface area contributed by atoms with Gasteiger partial charge in [-0.2, -0.15) is 4.31 Å². The molecule has 1 aromatic rings. The summed E-state index contributed by atoms with van der Waals surface area (Å²) in [5.74, 6) is 0. The van der Waals surface area contributed by atoms with Crippen LogP contribution < -0.4 is 5.73 Å². The Morgan fingerprint density at radius 2 is 2.16 bits per heavy atom. The number of sulfonamides is 1. The maximum Gasteiger partial charge on any atom is 0.243 e. The molecule has 0 unspecified atom stereocenters. The molecule has 0 spiro atoms. The van der Waals surface area contributed by atoms with E-state index >= 15 is 0 Å². The minimum Gasteiger partial charge on any atom is -0.398 e. The molecule has 106 valence electrons. The molecule has 1 saturated carbocycles. The number of hydrogen-bond donors (Lipinski definition) is 1. The zero-order chi connectivity index (χ0) is 14.0. The van der Waals surface area contributed by atoms with Crippen LogP contribution in [0.4, 0.5) is 5.69 Å². The first kappa shape index (κ1) is 14.6. The molecule has 0 atom stereocenters. The van der Waals surface area contributed by atoms with Crippen LogP contribution in [0.25, 0.3) is 0 Å². The van der Waals surface area contributed by atoms with Crippen LogP contribution in [-0.4, -0.2) is 39.0 Å². The molecule has 2 N–H and O–H groups in total. The highest BCUT2D eigenvalue weighted by Gasteiger charge is 2.37. The Morgan fingerprint density at radius 1 is 1.47 bits per heavy atom. The Morgan fingerprint density at radius 3 is 2.68 bits per heavy atom. The maximum absolute atomic E-state index is 12.6. The summed E-state index contributed by atoms with van der Waals surface area (Å²) in [6.07, 6.45) is 1.79. The normalized spacial score (nSPS) is 15.9. The van der Waals surface area contributed by atoms with Crippen molar-refractivity contribution in [1.82, 2.24) is 4.31 Å². The number of hydrogen-bond acceptors (Lipinski definition) is 4. The van der Waals surface area contributed by atoms with Crippen molar-refractivity contribution in [3.8, 4) is 0 Å². The minimum absolute atomic E-state index is 0.0801. The molecule has 1 aromatic carbocycles. The molecular formula is C12H17ClN2O3S. The first-order valence-electron chi connectivity index (χ1n) is 6.02. The van der Waals surface area contributed by atoms with Crippen LogP contribution in [0.1, 0.15) is 12.8 Å². The second-order valence-electron chi connectivity index (χ2n) is 4.52. The number of anilines is 1. The van der Waals surface area contributed by atoms with Gasteiger partial charge in [-0.1, -0.05) is 11.6 Å². The molecule has 1 aliphatic rings. The molecule has 0 amide bonds. The van der Waals surface area contributed by atoms with E-state index in [1.807, 2.05) is 0 Å². The van der Waals surface area contributed by atoms with Crippen molar-refractivity contribution in [2.45, 2.75) is 23.8 Å². The van der Waals surface area contributed by atoms with Gasteiger partial charge in [0.25, 0.3) is 0 Å². The highest BCUT2D eigenvalue weighted by Crippen LogP contribution is 2.33. The Labute approximate surface area is 118 Å². The molecule has 1 aliphatic carbocycles. The number of rotatable bonds is 6. The van der Waals surface area contributed by atoms with E-state index in [4.69, 9.17) is 22.1 Å². The third-order valence-electron chi connectivity index (χ3n) is 3.05. The van der Waals surface area contributed by atoms with Crippen LogP contribution in [0.2, 0.25) is 5.02 Å². The number of ether oxygens (including phenoxy) is 1. The van der Waals surface area contributed by atoms with Crippen LogP contribution in [0.3, 0.4) is 0 Å². The monoisotopic (exact) mass is 304 g/mol. The van der Waals surface area contributed by atoms with E-state index in [2.05, 4.69) is 0 Å². The molecule has 0 radical (unpaired) electrons. The predicted molar refractivity (Wildman–Crippen MR) is 74.7 cm³/mol. The highest BCUT2D eigenvalue weighted by molar-refractivity contribution is 7.89. The number of nitrogens with two attached hydrogens (primary N) is 1. The molecule has 0 heterocycles. The Balaban J connectivity index is 2.30. The van der Waals surface area contributed by atoms with Gasteiger partial charge in [0, 0.05) is 19.7 Å². The van der Waals surface area contributed by atoms with Crippen LogP contribution in [-0.2, 0) is 14.8 Å². The molecule has 0 bridgehead atoms. The van der Waals surface area contributed by atoms with Gasteiger partial charge in [-0.3, -0.25) is 0 Å². The van der Waals surface area contributed by atoms with Crippen molar-refractivity contribution in [2.75, 3.05) is 26.0 Å². The summed E-state index contributed by atoms with van der Waals surface area (Å²) in [6.45, 7) is 0.726. The summed E-state index contributed by atoms with van der Waals surface area (Å²) in [4.78, 5) is 0.176. The van der Waals surface area contributed by atoms with Gasteiger partial charge in [-0.05, 0) is 31.0 Å². The largest absolute Gasteiger partial charge is 0.398 e. The predicted octanol–water partition coefficient (Wildman–Crippen LogP) is 1.72. The first-order valence-corrected chi connectivity index (χ1v) is 7.84. The molecular weight excluding hydrogens is 288 g/mol. The lowest BCUT2D eigenvalue weighted by Crippen LogP contribution is -2.35. The molecule has 1 fully saturated rings. The summed E-state index contributed by atoms with van der Waals surface area (Å²) in [5.41, 5.74) is 5.97. The number of benzene rings is 1. The lowest BCUT2D eigenvalue weighted by molar-refractivity contribution is 0.177. The third kappa shape index (κ3) is 3.20. The Bertz CT molecular complexity index is 558. The standard InChI is InChI=1S/C12H17ClN2O3S/c1-18-7-6-15(9-2-3-9)19(16,17)10-4-5-12(14)11(13)8-10/h4-5,8-9H,2-3,6-7,14H2,1H3. The second-order valence-corrected chi connectivity index (χ2v) is 6.82. The van der Waals surface area contributed by atoms with Gasteiger partial charge in [0.05, 0.1) is 22.2 Å². The van der Waals surface area contributed by atoms with Crippen molar-refractivity contribution < 1.29 is 13.2 Å². The summed E-state index contributed by atoms with van der Waals surface area (Å²) in [7, 11) is -1.98. The summed E-state index contributed by atoms with van der Waals surface area (Å²) in [6, 6.07) is 4.47. The van der Waals surface area contributed by atoms with E-state index in [1.54, 1.807) is 7.11 Å². The van der Waals surface area contributed by atoms with Gasteiger partial charge in [-0.25, -0.2) is 8.42 Å². The fourth-order valence-corrected chi connectivity index (χ4v) is 3.79. The molecule has 2 rings (SSSR count). The lowest BCUT2D eigenvalue weighted by Gasteiger charge is -2.21. The van der Waals surface area contributed by atoms with E-state index in [0.29, 0.717) is 18.8 Å². The average Bonchev–Trinajstić information content (AvgIpc) is 3.17. The van der Waals surface area contributed by atoms with E-state index in [9.17, 15) is 8.42 Å². The maximum atomic E-state index is 12.6. The number of halogens is 1. The molecule has 19 heavy (non-hydrogen) atoms. The van der Waals surface area contributed by atoms with Crippen molar-refractivity contribution in [1.29, 1.82) is 0 Å². The van der Waals surface area contributed by atoms with Gasteiger partial charge < -0.3 is 10.5 Å². The van der Waals surface area contributed by atoms with Crippen LogP contribution in [0.15, 0.2) is 23.1 Å². The van der Waals surface area contributed by atoms with Crippen LogP contribution >= 0.6 is 11.6 Å². The smallest absolute Gasteiger partial charge is 0.243 e. The van der Waals surface area contributed by atoms with Crippen LogP contribution in [0.5, 0.6) is 0 Å². The number of nitrogen functional groups attached to an aromatic ring is 1. The number of methoxy groups -OCH3 is 1. The van der Waals surface area contributed by atoms with Crippen molar-refractivity contribution >= 4 is 27.3 Å². The Kier molecular flexibility index (Phi) is 4.35. The highest BCUT2D eigenvalue weighted by atomic mass is 35.5. The quantitative estimate of drug-likeness (QED) is 0.812. The van der Waals surface area contributed by atoms with E-state index in [1.165, 1.54) is 22.5 Å². The first-order chi connectivity index (χ1) is 8.96. The molecule has 0 saturated heterocycles. The fourth-order valence-electron chi connectivity index (χ4n) is 1.85. The Hall–Kier alpha value is -0.820. The van der Waals surface area contributed by atoms with E-state index in [0.717, 1.165) is 12.8 Å². The average molecular weight is 305 g/mol. The molecule has 0 aliphatic heterocycles. The zero-order valence-corrected chi connectivity index (χ0v) is 12.2. The van der Waals surface area contributed by atoms with Gasteiger partial charge in [0.15, 0.2) is 0 Å². The van der Waals surface area contributed by atoms with Crippen molar-refractivity contribution in [3.63, 3.8) is 0 Å². The fraction of sp³-hybridized carbons (Fsp3) is 0.500. The van der Waals surface area contributed by atoms with E-state index in [-0.39, 0.29) is 16.0 Å². The van der Waals surface area contributed by atoms with Crippen molar-refractivity contribution in [3.05, 3.63) is 23.2 Å². The zero-order valence-electron chi connectivity index (χ0n) is 10.7. The van der Waals surface area contributed by atoms with Crippen molar-refractivity contribution in [2.24, 2.45) is 0 Å². The van der Waals surface area contributed by atoms with Gasteiger partial charge in [0.2, 0.25) is 10.0 Å². The molecule has 5 nitrogen and oxygen atoms in total. The number of nitrogens with zero attached hydrogens (tertiary/aromatic N) is 1. The second kappa shape index (κ2) is 5.66. The van der Waals surface area contributed by atoms with Gasteiger partial charge in [-0.15, -0.1) is 0 Å². The molecule has 7 heteroatoms. The summed E-state index contributed by atoms with van der Waals surface area (Å²) >= 11 is 5.89. The van der Waals surface area contributed by atoms with Gasteiger partial charge in [0.1, 0.15) is 0 Å².